The molecule has 11 nitrogen and oxygen atoms in total. The first-order valence-electron chi connectivity index (χ1n) is 11.4. The summed E-state index contributed by atoms with van der Waals surface area (Å²) < 4.78 is 47.4. The maximum Gasteiger partial charge on any atom is 0.416 e. The zero-order valence-corrected chi connectivity index (χ0v) is 21.2. The lowest BCUT2D eigenvalue weighted by atomic mass is 10.1. The van der Waals surface area contributed by atoms with Crippen LogP contribution in [0.2, 0.25) is 10.0 Å². The van der Waals surface area contributed by atoms with Crippen molar-refractivity contribution < 1.29 is 27.8 Å². The van der Waals surface area contributed by atoms with E-state index in [2.05, 4.69) is 20.2 Å². The van der Waals surface area contributed by atoms with Gasteiger partial charge in [0.1, 0.15) is 19.0 Å². The molecular formula is C23H18Cl2F3N7O4. The molecule has 0 aliphatic carbocycles. The van der Waals surface area contributed by atoms with Gasteiger partial charge in [-0.05, 0) is 36.4 Å². The van der Waals surface area contributed by atoms with E-state index in [0.29, 0.717) is 16.4 Å². The second-order valence-corrected chi connectivity index (χ2v) is 9.47. The summed E-state index contributed by atoms with van der Waals surface area (Å²) in [4.78, 5) is 33.7. The summed E-state index contributed by atoms with van der Waals surface area (Å²) in [5.74, 6) is -0.444. The molecule has 0 spiro atoms. The summed E-state index contributed by atoms with van der Waals surface area (Å²) in [6.45, 7) is -1.38. The molecule has 1 saturated heterocycles. The van der Waals surface area contributed by atoms with Gasteiger partial charge in [0.2, 0.25) is 0 Å². The summed E-state index contributed by atoms with van der Waals surface area (Å²) in [5, 5.41) is 18.9. The second-order valence-electron chi connectivity index (χ2n) is 8.63. The van der Waals surface area contributed by atoms with E-state index in [1.54, 1.807) is 12.1 Å². The van der Waals surface area contributed by atoms with Crippen LogP contribution in [0.5, 0.6) is 0 Å². The van der Waals surface area contributed by atoms with Gasteiger partial charge in [-0.3, -0.25) is 9.36 Å². The number of aliphatic hydroxyl groups is 1. The number of alkyl halides is 3. The summed E-state index contributed by atoms with van der Waals surface area (Å²) in [6.07, 6.45) is -6.25. The number of benzene rings is 1. The number of halogens is 5. The van der Waals surface area contributed by atoms with Crippen LogP contribution in [0, 0.1) is 0 Å². The molecule has 4 heterocycles. The fourth-order valence-electron chi connectivity index (χ4n) is 4.00. The Morgan fingerprint density at radius 2 is 1.87 bits per heavy atom. The molecule has 204 valence electrons. The Labute approximate surface area is 227 Å². The van der Waals surface area contributed by atoms with E-state index >= 15 is 0 Å². The maximum atomic E-state index is 13.2. The predicted octanol–water partition coefficient (Wildman–Crippen LogP) is 3.00. The second kappa shape index (κ2) is 10.4. The van der Waals surface area contributed by atoms with E-state index in [1.165, 1.54) is 35.1 Å². The number of hydrogen-bond acceptors (Lipinski definition) is 8. The molecule has 0 saturated carbocycles. The van der Waals surface area contributed by atoms with Crippen molar-refractivity contribution in [2.75, 3.05) is 6.61 Å². The van der Waals surface area contributed by atoms with Crippen molar-refractivity contribution in [3.63, 3.8) is 0 Å². The van der Waals surface area contributed by atoms with Gasteiger partial charge < -0.3 is 9.84 Å². The van der Waals surface area contributed by atoms with Crippen molar-refractivity contribution in [1.82, 2.24) is 34.1 Å². The lowest BCUT2D eigenvalue weighted by Gasteiger charge is -2.15. The highest BCUT2D eigenvalue weighted by Crippen LogP contribution is 2.29. The molecule has 1 N–H and O–H groups in total. The maximum absolute atomic E-state index is 13.2. The molecule has 0 radical (unpaired) electrons. The first-order valence-corrected chi connectivity index (χ1v) is 12.2. The van der Waals surface area contributed by atoms with Crippen molar-refractivity contribution in [3.05, 3.63) is 74.8 Å². The first kappa shape index (κ1) is 26.8. The van der Waals surface area contributed by atoms with Crippen LogP contribution in [-0.2, 0) is 22.6 Å². The Hall–Kier alpha value is -3.75. The van der Waals surface area contributed by atoms with Crippen molar-refractivity contribution >= 4 is 29.2 Å². The fourth-order valence-corrected chi connectivity index (χ4v) is 4.33. The zero-order valence-electron chi connectivity index (χ0n) is 19.7. The third kappa shape index (κ3) is 5.53. The van der Waals surface area contributed by atoms with Gasteiger partial charge in [0, 0.05) is 16.8 Å². The molecule has 3 aromatic heterocycles. The van der Waals surface area contributed by atoms with Gasteiger partial charge in [0.05, 0.1) is 23.9 Å². The number of cyclic esters (lactones) is 1. The van der Waals surface area contributed by atoms with Crippen LogP contribution in [-0.4, -0.2) is 64.1 Å². The van der Waals surface area contributed by atoms with Crippen LogP contribution in [0.4, 0.5) is 13.2 Å². The normalized spacial score (nSPS) is 16.5. The van der Waals surface area contributed by atoms with Gasteiger partial charge in [-0.1, -0.05) is 23.2 Å². The number of nitrogens with zero attached hydrogens (tertiary/aromatic N) is 7. The molecule has 1 aliphatic rings. The number of carbonyl (C=O) groups is 1. The SMILES string of the molecule is O=C1CC(c2nc(Cn3nc(-c4ccc(Cl)cc4)n(C[C@H](O)C(F)(F)F)c3=O)nn2-c2ncccc2Cl)CO1. The van der Waals surface area contributed by atoms with Crippen LogP contribution >= 0.6 is 23.2 Å². The van der Waals surface area contributed by atoms with Crippen LogP contribution < -0.4 is 5.69 Å². The van der Waals surface area contributed by atoms with Crippen molar-refractivity contribution in [2.45, 2.75) is 37.7 Å². The number of carbonyl (C=O) groups excluding carboxylic acids is 1. The Balaban J connectivity index is 1.57. The van der Waals surface area contributed by atoms with Crippen LogP contribution in [0.1, 0.15) is 24.0 Å². The number of ether oxygens (including phenoxy) is 1. The van der Waals surface area contributed by atoms with Crippen LogP contribution in [0.15, 0.2) is 47.4 Å². The van der Waals surface area contributed by atoms with Crippen molar-refractivity contribution in [1.29, 1.82) is 0 Å². The molecular weight excluding hydrogens is 566 g/mol. The molecule has 39 heavy (non-hydrogen) atoms. The number of pyridine rings is 1. The van der Waals surface area contributed by atoms with E-state index in [4.69, 9.17) is 27.9 Å². The third-order valence-corrected chi connectivity index (χ3v) is 6.44. The lowest BCUT2D eigenvalue weighted by Crippen LogP contribution is -2.37. The summed E-state index contributed by atoms with van der Waals surface area (Å²) in [7, 11) is 0. The largest absolute Gasteiger partial charge is 0.465 e. The molecule has 0 bridgehead atoms. The molecule has 16 heteroatoms. The summed E-state index contributed by atoms with van der Waals surface area (Å²) in [6, 6.07) is 9.14. The molecule has 2 atom stereocenters. The Morgan fingerprint density at radius 3 is 2.51 bits per heavy atom. The third-order valence-electron chi connectivity index (χ3n) is 5.89. The molecule has 4 aromatic rings. The Morgan fingerprint density at radius 1 is 1.13 bits per heavy atom. The Bertz CT molecular complexity index is 1580. The van der Waals surface area contributed by atoms with E-state index in [1.807, 2.05) is 0 Å². The van der Waals surface area contributed by atoms with Gasteiger partial charge >= 0.3 is 17.8 Å². The topological polar surface area (TPSA) is 130 Å². The molecule has 5 rings (SSSR count). The molecule has 1 aliphatic heterocycles. The molecule has 0 amide bonds. The number of rotatable bonds is 7. The minimum Gasteiger partial charge on any atom is -0.465 e. The molecule has 1 fully saturated rings. The monoisotopic (exact) mass is 583 g/mol. The van der Waals surface area contributed by atoms with Gasteiger partial charge in [0.25, 0.3) is 0 Å². The Kier molecular flexibility index (Phi) is 7.18. The summed E-state index contributed by atoms with van der Waals surface area (Å²) in [5.41, 5.74) is -0.637. The molecule has 1 unspecified atom stereocenters. The fraction of sp³-hybridized carbons (Fsp3) is 0.304. The quantitative estimate of drug-likeness (QED) is 0.329. The highest BCUT2D eigenvalue weighted by atomic mass is 35.5. The van der Waals surface area contributed by atoms with Gasteiger partial charge in [-0.2, -0.15) is 17.9 Å². The van der Waals surface area contributed by atoms with Crippen molar-refractivity contribution in [3.8, 4) is 17.2 Å². The number of aromatic nitrogens is 7. The minimum absolute atomic E-state index is 0.0349. The van der Waals surface area contributed by atoms with Crippen LogP contribution in [0.3, 0.4) is 0 Å². The minimum atomic E-state index is -4.96. The van der Waals surface area contributed by atoms with E-state index in [9.17, 15) is 27.9 Å². The van der Waals surface area contributed by atoms with Gasteiger partial charge in [0.15, 0.2) is 23.6 Å². The van der Waals surface area contributed by atoms with E-state index in [-0.39, 0.29) is 42.1 Å². The molecule has 1 aromatic carbocycles. The number of aliphatic hydroxyl groups excluding tert-OH is 1. The average Bonchev–Trinajstić information content (AvgIpc) is 3.58. The highest BCUT2D eigenvalue weighted by Gasteiger charge is 2.39. The lowest BCUT2D eigenvalue weighted by molar-refractivity contribution is -0.207. The zero-order chi connectivity index (χ0) is 27.9. The smallest absolute Gasteiger partial charge is 0.416 e. The number of hydrogen-bond donors (Lipinski definition) is 1. The van der Waals surface area contributed by atoms with E-state index < -0.39 is 36.4 Å². The first-order chi connectivity index (χ1) is 18.5. The van der Waals surface area contributed by atoms with Crippen molar-refractivity contribution in [2.24, 2.45) is 0 Å². The van der Waals surface area contributed by atoms with Gasteiger partial charge in [-0.15, -0.1) is 10.2 Å². The van der Waals surface area contributed by atoms with E-state index in [0.717, 1.165) is 9.25 Å². The van der Waals surface area contributed by atoms with Gasteiger partial charge in [-0.25, -0.2) is 19.4 Å². The predicted molar refractivity (Wildman–Crippen MR) is 131 cm³/mol. The number of esters is 1. The van der Waals surface area contributed by atoms with Crippen LogP contribution in [0.25, 0.3) is 17.2 Å². The summed E-state index contributed by atoms with van der Waals surface area (Å²) >= 11 is 12.2. The highest BCUT2D eigenvalue weighted by molar-refractivity contribution is 6.32. The average molecular weight is 584 g/mol. The standard InChI is InChI=1S/C23H18Cl2F3N7O4/c24-14-5-3-12(4-6-14)20-32-34(22(38)33(20)9-16(36)23(26,27)28)10-17-30-19(13-8-18(37)39-11-13)35(31-17)21-15(25)2-1-7-29-21/h1-7,13,16,36H,8-11H2/t13?,16-/m0/s1.